The summed E-state index contributed by atoms with van der Waals surface area (Å²) in [6.07, 6.45) is 0. The first-order valence-electron chi connectivity index (χ1n) is 5.12. The zero-order valence-electron chi connectivity index (χ0n) is 9.16. The van der Waals surface area contributed by atoms with E-state index in [1.165, 1.54) is 17.8 Å². The molecule has 1 N–H and O–H groups in total. The minimum Gasteiger partial charge on any atom is -0.392 e. The SMILES string of the molecule is OCc1ccc(Sc2ccc(F)c(F)c2)cc1Br. The van der Waals surface area contributed by atoms with E-state index < -0.39 is 11.6 Å². The quantitative estimate of drug-likeness (QED) is 0.901. The smallest absolute Gasteiger partial charge is 0.159 e. The van der Waals surface area contributed by atoms with Gasteiger partial charge in [0, 0.05) is 14.3 Å². The molecule has 0 unspecified atom stereocenters. The average Bonchev–Trinajstić information content (AvgIpc) is 2.34. The zero-order valence-corrected chi connectivity index (χ0v) is 11.6. The molecule has 0 saturated carbocycles. The molecule has 0 spiro atoms. The average molecular weight is 331 g/mol. The topological polar surface area (TPSA) is 20.2 Å². The minimum absolute atomic E-state index is 0.0449. The molecule has 0 amide bonds. The highest BCUT2D eigenvalue weighted by atomic mass is 79.9. The molecule has 0 fully saturated rings. The lowest BCUT2D eigenvalue weighted by Crippen LogP contribution is -1.86. The highest BCUT2D eigenvalue weighted by molar-refractivity contribution is 9.10. The molecule has 18 heavy (non-hydrogen) atoms. The lowest BCUT2D eigenvalue weighted by Gasteiger charge is -2.05. The van der Waals surface area contributed by atoms with Gasteiger partial charge in [0.05, 0.1) is 6.61 Å². The highest BCUT2D eigenvalue weighted by Gasteiger charge is 2.05. The molecule has 0 aromatic heterocycles. The summed E-state index contributed by atoms with van der Waals surface area (Å²) in [6.45, 7) is -0.0449. The maximum Gasteiger partial charge on any atom is 0.159 e. The third kappa shape index (κ3) is 3.10. The van der Waals surface area contributed by atoms with Crippen LogP contribution < -0.4 is 0 Å². The first kappa shape index (κ1) is 13.5. The Labute approximate surface area is 116 Å². The van der Waals surface area contributed by atoms with E-state index >= 15 is 0 Å². The summed E-state index contributed by atoms with van der Waals surface area (Å²) < 4.78 is 26.6. The number of aliphatic hydroxyl groups excluding tert-OH is 1. The predicted molar refractivity (Wildman–Crippen MR) is 70.5 cm³/mol. The number of hydrogen-bond donors (Lipinski definition) is 1. The van der Waals surface area contributed by atoms with Crippen molar-refractivity contribution in [3.05, 3.63) is 58.1 Å². The molecule has 5 heteroatoms. The lowest BCUT2D eigenvalue weighted by atomic mass is 10.2. The molecule has 0 atom stereocenters. The highest BCUT2D eigenvalue weighted by Crippen LogP contribution is 2.31. The summed E-state index contributed by atoms with van der Waals surface area (Å²) in [5, 5.41) is 9.04. The molecular weight excluding hydrogens is 322 g/mol. The first-order chi connectivity index (χ1) is 8.60. The van der Waals surface area contributed by atoms with E-state index in [9.17, 15) is 8.78 Å². The van der Waals surface area contributed by atoms with Crippen molar-refractivity contribution >= 4 is 27.7 Å². The zero-order chi connectivity index (χ0) is 13.1. The van der Waals surface area contributed by atoms with Crippen LogP contribution in [-0.4, -0.2) is 5.11 Å². The van der Waals surface area contributed by atoms with Gasteiger partial charge in [0.2, 0.25) is 0 Å². The van der Waals surface area contributed by atoms with Gasteiger partial charge in [-0.1, -0.05) is 33.8 Å². The Morgan fingerprint density at radius 3 is 2.28 bits per heavy atom. The Morgan fingerprint density at radius 1 is 1.00 bits per heavy atom. The number of benzene rings is 2. The third-order valence-corrected chi connectivity index (χ3v) is 4.04. The molecule has 0 aliphatic heterocycles. The van der Waals surface area contributed by atoms with Crippen LogP contribution in [0.15, 0.2) is 50.7 Å². The third-order valence-electron chi connectivity index (χ3n) is 2.32. The van der Waals surface area contributed by atoms with Crippen molar-refractivity contribution < 1.29 is 13.9 Å². The number of rotatable bonds is 3. The van der Waals surface area contributed by atoms with Crippen LogP contribution in [0.25, 0.3) is 0 Å². The van der Waals surface area contributed by atoms with Crippen molar-refractivity contribution in [2.45, 2.75) is 16.4 Å². The van der Waals surface area contributed by atoms with Crippen molar-refractivity contribution in [1.82, 2.24) is 0 Å². The van der Waals surface area contributed by atoms with Gasteiger partial charge in [-0.05, 0) is 35.9 Å². The summed E-state index contributed by atoms with van der Waals surface area (Å²) in [6, 6.07) is 9.23. The maximum atomic E-state index is 13.0. The molecule has 2 aromatic rings. The molecule has 0 saturated heterocycles. The van der Waals surface area contributed by atoms with Gasteiger partial charge in [0.15, 0.2) is 11.6 Å². The molecule has 0 radical (unpaired) electrons. The van der Waals surface area contributed by atoms with Gasteiger partial charge < -0.3 is 5.11 Å². The van der Waals surface area contributed by atoms with Crippen LogP contribution in [0.2, 0.25) is 0 Å². The monoisotopic (exact) mass is 330 g/mol. The predicted octanol–water partition coefficient (Wildman–Crippen LogP) is 4.37. The maximum absolute atomic E-state index is 13.0. The standard InChI is InChI=1S/C13H9BrF2OS/c14-11-5-9(2-1-8(11)7-17)18-10-3-4-12(15)13(16)6-10/h1-6,17H,7H2. The van der Waals surface area contributed by atoms with E-state index in [-0.39, 0.29) is 6.61 Å². The summed E-state index contributed by atoms with van der Waals surface area (Å²) in [4.78, 5) is 1.50. The van der Waals surface area contributed by atoms with Crippen molar-refractivity contribution in [2.75, 3.05) is 0 Å². The summed E-state index contributed by atoms with van der Waals surface area (Å²) in [7, 11) is 0. The van der Waals surface area contributed by atoms with Gasteiger partial charge in [-0.15, -0.1) is 0 Å². The minimum atomic E-state index is -0.856. The molecule has 2 aromatic carbocycles. The fraction of sp³-hybridized carbons (Fsp3) is 0.0769. The first-order valence-corrected chi connectivity index (χ1v) is 6.73. The molecule has 1 nitrogen and oxygen atoms in total. The summed E-state index contributed by atoms with van der Waals surface area (Å²) in [5.74, 6) is -1.71. The molecule has 0 heterocycles. The molecule has 94 valence electrons. The van der Waals surface area contributed by atoms with Crippen LogP contribution in [0.3, 0.4) is 0 Å². The second-order valence-corrected chi connectivity index (χ2v) is 5.59. The van der Waals surface area contributed by atoms with Crippen LogP contribution in [-0.2, 0) is 6.61 Å². The van der Waals surface area contributed by atoms with Crippen molar-refractivity contribution in [1.29, 1.82) is 0 Å². The van der Waals surface area contributed by atoms with Crippen molar-refractivity contribution in [3.63, 3.8) is 0 Å². The Hall–Kier alpha value is -0.910. The van der Waals surface area contributed by atoms with Gasteiger partial charge in [0.25, 0.3) is 0 Å². The van der Waals surface area contributed by atoms with Crippen LogP contribution in [0, 0.1) is 11.6 Å². The van der Waals surface area contributed by atoms with Gasteiger partial charge >= 0.3 is 0 Å². The Bertz CT molecular complexity index is 575. The van der Waals surface area contributed by atoms with E-state index in [1.807, 2.05) is 12.1 Å². The van der Waals surface area contributed by atoms with Gasteiger partial charge in [-0.2, -0.15) is 0 Å². The number of aliphatic hydroxyl groups is 1. The second kappa shape index (κ2) is 5.82. The Morgan fingerprint density at radius 2 is 1.67 bits per heavy atom. The van der Waals surface area contributed by atoms with Crippen molar-refractivity contribution in [2.24, 2.45) is 0 Å². The van der Waals surface area contributed by atoms with E-state index in [0.717, 1.165) is 27.1 Å². The number of hydrogen-bond acceptors (Lipinski definition) is 2. The van der Waals surface area contributed by atoms with Gasteiger partial charge in [0.1, 0.15) is 0 Å². The molecule has 2 rings (SSSR count). The van der Waals surface area contributed by atoms with E-state index in [4.69, 9.17) is 5.11 Å². The lowest BCUT2D eigenvalue weighted by molar-refractivity contribution is 0.281. The second-order valence-electron chi connectivity index (χ2n) is 3.59. The molecular formula is C13H9BrF2OS. The fourth-order valence-corrected chi connectivity index (χ4v) is 2.94. The van der Waals surface area contributed by atoms with Gasteiger partial charge in [-0.3, -0.25) is 0 Å². The number of halogens is 3. The van der Waals surface area contributed by atoms with Crippen LogP contribution in [0.1, 0.15) is 5.56 Å². The van der Waals surface area contributed by atoms with Gasteiger partial charge in [-0.25, -0.2) is 8.78 Å². The van der Waals surface area contributed by atoms with E-state index in [2.05, 4.69) is 15.9 Å². The van der Waals surface area contributed by atoms with Crippen LogP contribution >= 0.6 is 27.7 Å². The fourth-order valence-electron chi connectivity index (χ4n) is 1.40. The largest absolute Gasteiger partial charge is 0.392 e. The summed E-state index contributed by atoms with van der Waals surface area (Å²) in [5.41, 5.74) is 0.782. The van der Waals surface area contributed by atoms with E-state index in [0.29, 0.717) is 4.90 Å². The van der Waals surface area contributed by atoms with Crippen molar-refractivity contribution in [3.8, 4) is 0 Å². The van der Waals surface area contributed by atoms with Crippen LogP contribution in [0.5, 0.6) is 0 Å². The Kier molecular flexibility index (Phi) is 4.37. The van der Waals surface area contributed by atoms with Crippen LogP contribution in [0.4, 0.5) is 8.78 Å². The Balaban J connectivity index is 2.23. The van der Waals surface area contributed by atoms with E-state index in [1.54, 1.807) is 6.07 Å². The molecule has 0 aliphatic rings. The molecule has 0 aliphatic carbocycles. The normalized spacial score (nSPS) is 10.7. The molecule has 0 bridgehead atoms. The summed E-state index contributed by atoms with van der Waals surface area (Å²) >= 11 is 4.66.